The molecule has 0 bridgehead atoms. The summed E-state index contributed by atoms with van der Waals surface area (Å²) in [4.78, 5) is 5.26. The highest BCUT2D eigenvalue weighted by atomic mass is 32.1. The summed E-state index contributed by atoms with van der Waals surface area (Å²) in [6.07, 6.45) is 0. The highest BCUT2D eigenvalue weighted by Gasteiger charge is 2.23. The molecule has 0 aliphatic heterocycles. The van der Waals surface area contributed by atoms with Crippen LogP contribution in [0.3, 0.4) is 0 Å². The van der Waals surface area contributed by atoms with Crippen LogP contribution in [0.2, 0.25) is 0 Å². The monoisotopic (exact) mass is 546 g/mol. The van der Waals surface area contributed by atoms with E-state index in [-0.39, 0.29) is 5.82 Å². The predicted octanol–water partition coefficient (Wildman–Crippen LogP) is 10.5. The summed E-state index contributed by atoms with van der Waals surface area (Å²) < 4.78 is 17.4. The fraction of sp³-hybridized carbons (Fsp3) is 0. The van der Waals surface area contributed by atoms with Crippen molar-refractivity contribution < 1.29 is 4.39 Å². The van der Waals surface area contributed by atoms with Crippen molar-refractivity contribution in [1.29, 1.82) is 0 Å². The molecule has 0 aliphatic rings. The molecular formula is C37H23FN2S. The van der Waals surface area contributed by atoms with Gasteiger partial charge in [-0.3, -0.25) is 4.57 Å². The van der Waals surface area contributed by atoms with Crippen LogP contribution in [0.4, 0.5) is 4.39 Å². The molecule has 0 N–H and O–H groups in total. The molecule has 0 saturated carbocycles. The first-order valence-corrected chi connectivity index (χ1v) is 14.5. The highest BCUT2D eigenvalue weighted by molar-refractivity contribution is 7.17. The lowest BCUT2D eigenvalue weighted by Gasteiger charge is -2.19. The van der Waals surface area contributed by atoms with Gasteiger partial charge in [0.2, 0.25) is 0 Å². The topological polar surface area (TPSA) is 17.8 Å². The molecule has 2 aromatic heterocycles. The Morgan fingerprint density at radius 3 is 2.00 bits per heavy atom. The summed E-state index contributed by atoms with van der Waals surface area (Å²) in [7, 11) is 0. The van der Waals surface area contributed by atoms with Crippen LogP contribution in [0.1, 0.15) is 0 Å². The smallest absolute Gasteiger partial charge is 0.147 e. The molecule has 194 valence electrons. The summed E-state index contributed by atoms with van der Waals surface area (Å²) in [5, 5.41) is 5.21. The van der Waals surface area contributed by atoms with Gasteiger partial charge >= 0.3 is 0 Å². The lowest BCUT2D eigenvalue weighted by molar-refractivity contribution is 0.630. The third-order valence-corrected chi connectivity index (χ3v) is 8.67. The van der Waals surface area contributed by atoms with Crippen molar-refractivity contribution in [2.75, 3.05) is 0 Å². The average Bonchev–Trinajstić information content (AvgIpc) is 3.61. The number of benzene rings is 6. The van der Waals surface area contributed by atoms with Crippen molar-refractivity contribution >= 4 is 43.2 Å². The molecule has 0 fully saturated rings. The first-order chi connectivity index (χ1) is 20.2. The summed E-state index contributed by atoms with van der Waals surface area (Å²) in [5.41, 5.74) is 8.70. The Hall–Kier alpha value is -5.06. The molecule has 0 amide bonds. The lowest BCUT2D eigenvalue weighted by atomic mass is 9.95. The maximum atomic E-state index is 14.0. The van der Waals surface area contributed by atoms with Gasteiger partial charge in [-0.1, -0.05) is 97.1 Å². The Morgan fingerprint density at radius 1 is 0.585 bits per heavy atom. The van der Waals surface area contributed by atoms with Gasteiger partial charge in [-0.15, -0.1) is 11.3 Å². The summed E-state index contributed by atoms with van der Waals surface area (Å²) in [6.45, 7) is 0. The van der Waals surface area contributed by atoms with Crippen molar-refractivity contribution in [2.24, 2.45) is 0 Å². The van der Waals surface area contributed by atoms with Gasteiger partial charge in [0, 0.05) is 32.2 Å². The van der Waals surface area contributed by atoms with E-state index >= 15 is 0 Å². The highest BCUT2D eigenvalue weighted by Crippen LogP contribution is 2.43. The third-order valence-electron chi connectivity index (χ3n) is 7.73. The standard InChI is InChI=1S/C37H23FN2S/c38-28-19-18-26-21-31-32(23-41-35(31)22-27(26)20-28)37-39-33-16-7-8-17-34(33)40(37)36-29(24-10-3-1-4-11-24)14-9-15-30(36)25-12-5-2-6-13-25/h1-23H. The molecule has 0 spiro atoms. The van der Waals surface area contributed by atoms with Gasteiger partial charge in [-0.05, 0) is 58.3 Å². The van der Waals surface area contributed by atoms with E-state index in [1.54, 1.807) is 17.4 Å². The van der Waals surface area contributed by atoms with E-state index in [2.05, 4.69) is 119 Å². The van der Waals surface area contributed by atoms with Crippen LogP contribution in [-0.4, -0.2) is 9.55 Å². The molecule has 41 heavy (non-hydrogen) atoms. The fourth-order valence-corrected chi connectivity index (χ4v) is 6.80. The van der Waals surface area contributed by atoms with E-state index in [0.29, 0.717) is 0 Å². The number of fused-ring (bicyclic) bond motifs is 3. The van der Waals surface area contributed by atoms with Crippen LogP contribution >= 0.6 is 11.3 Å². The van der Waals surface area contributed by atoms with E-state index < -0.39 is 0 Å². The average molecular weight is 547 g/mol. The molecular weight excluding hydrogens is 523 g/mol. The number of aromatic nitrogens is 2. The minimum absolute atomic E-state index is 0.221. The van der Waals surface area contributed by atoms with E-state index in [4.69, 9.17) is 4.98 Å². The Bertz CT molecular complexity index is 2150. The van der Waals surface area contributed by atoms with Crippen LogP contribution in [0.25, 0.3) is 71.2 Å². The molecule has 0 radical (unpaired) electrons. The van der Waals surface area contributed by atoms with Gasteiger partial charge in [0.1, 0.15) is 11.6 Å². The largest absolute Gasteiger partial charge is 0.291 e. The fourth-order valence-electron chi connectivity index (χ4n) is 5.83. The third kappa shape index (κ3) is 3.95. The molecule has 0 aliphatic carbocycles. The summed E-state index contributed by atoms with van der Waals surface area (Å²) in [6, 6.07) is 45.2. The second-order valence-corrected chi connectivity index (χ2v) is 11.1. The van der Waals surface area contributed by atoms with Gasteiger partial charge in [0.25, 0.3) is 0 Å². The lowest BCUT2D eigenvalue weighted by Crippen LogP contribution is -2.03. The summed E-state index contributed by atoms with van der Waals surface area (Å²) >= 11 is 1.67. The number of imidazole rings is 1. The van der Waals surface area contributed by atoms with Crippen LogP contribution in [-0.2, 0) is 0 Å². The zero-order valence-corrected chi connectivity index (χ0v) is 22.8. The number of hydrogen-bond donors (Lipinski definition) is 0. The molecule has 6 aromatic carbocycles. The SMILES string of the molecule is Fc1ccc2cc3c(-c4nc5ccccc5n4-c4c(-c5ccccc5)cccc4-c4ccccc4)csc3cc2c1. The van der Waals surface area contributed by atoms with Crippen molar-refractivity contribution in [3.05, 3.63) is 145 Å². The molecule has 2 heterocycles. The number of para-hydroxylation sites is 3. The Morgan fingerprint density at radius 2 is 1.27 bits per heavy atom. The van der Waals surface area contributed by atoms with E-state index in [0.717, 1.165) is 71.2 Å². The van der Waals surface area contributed by atoms with Crippen molar-refractivity contribution in [2.45, 2.75) is 0 Å². The first-order valence-electron chi connectivity index (χ1n) is 13.6. The molecule has 8 aromatic rings. The number of nitrogens with zero attached hydrogens (tertiary/aromatic N) is 2. The quantitative estimate of drug-likeness (QED) is 0.215. The van der Waals surface area contributed by atoms with Gasteiger partial charge < -0.3 is 0 Å². The van der Waals surface area contributed by atoms with Crippen molar-refractivity contribution in [3.63, 3.8) is 0 Å². The van der Waals surface area contributed by atoms with Crippen molar-refractivity contribution in [3.8, 4) is 39.3 Å². The molecule has 2 nitrogen and oxygen atoms in total. The van der Waals surface area contributed by atoms with Crippen LogP contribution < -0.4 is 0 Å². The number of rotatable bonds is 4. The van der Waals surface area contributed by atoms with Gasteiger partial charge in [0.15, 0.2) is 0 Å². The number of halogens is 1. The van der Waals surface area contributed by atoms with Gasteiger partial charge in [-0.25, -0.2) is 9.37 Å². The second-order valence-electron chi connectivity index (χ2n) is 10.2. The Balaban J connectivity index is 1.49. The van der Waals surface area contributed by atoms with Crippen molar-refractivity contribution in [1.82, 2.24) is 9.55 Å². The first kappa shape index (κ1) is 23.8. The number of thiophene rings is 1. The maximum Gasteiger partial charge on any atom is 0.147 e. The zero-order valence-electron chi connectivity index (χ0n) is 22.0. The van der Waals surface area contributed by atoms with E-state index in [1.165, 1.54) is 6.07 Å². The van der Waals surface area contributed by atoms with Gasteiger partial charge in [-0.2, -0.15) is 0 Å². The Labute approximate surface area is 240 Å². The second kappa shape index (κ2) is 9.54. The molecule has 0 unspecified atom stereocenters. The summed E-state index contributed by atoms with van der Waals surface area (Å²) in [5.74, 6) is 0.667. The predicted molar refractivity (Wildman–Crippen MR) is 170 cm³/mol. The maximum absolute atomic E-state index is 14.0. The normalized spacial score (nSPS) is 11.5. The molecule has 0 saturated heterocycles. The van der Waals surface area contributed by atoms with Gasteiger partial charge in [0.05, 0.1) is 16.7 Å². The molecule has 0 atom stereocenters. The number of hydrogen-bond acceptors (Lipinski definition) is 2. The van der Waals surface area contributed by atoms with E-state index in [9.17, 15) is 4.39 Å². The van der Waals surface area contributed by atoms with Crippen LogP contribution in [0, 0.1) is 5.82 Å². The molecule has 4 heteroatoms. The van der Waals surface area contributed by atoms with E-state index in [1.807, 2.05) is 12.1 Å². The Kier molecular flexibility index (Phi) is 5.54. The molecule has 8 rings (SSSR count). The zero-order chi connectivity index (χ0) is 27.3. The minimum atomic E-state index is -0.221. The van der Waals surface area contributed by atoms with Crippen LogP contribution in [0.5, 0.6) is 0 Å². The van der Waals surface area contributed by atoms with Crippen LogP contribution in [0.15, 0.2) is 139 Å². The minimum Gasteiger partial charge on any atom is -0.291 e.